The summed E-state index contributed by atoms with van der Waals surface area (Å²) in [6, 6.07) is 17.3. The Bertz CT molecular complexity index is 930. The molecule has 0 unspecified atom stereocenters. The number of rotatable bonds is 11. The van der Waals surface area contributed by atoms with E-state index in [0.717, 1.165) is 0 Å². The predicted octanol–water partition coefficient (Wildman–Crippen LogP) is 2.25. The Kier molecular flexibility index (Phi) is 10.1. The summed E-state index contributed by atoms with van der Waals surface area (Å²) < 4.78 is 10.1. The van der Waals surface area contributed by atoms with Gasteiger partial charge >= 0.3 is 5.97 Å². The zero-order valence-corrected chi connectivity index (χ0v) is 17.9. The minimum atomic E-state index is -0.679. The molecule has 2 amide bonds. The van der Waals surface area contributed by atoms with Crippen molar-refractivity contribution in [1.29, 1.82) is 5.26 Å². The summed E-state index contributed by atoms with van der Waals surface area (Å²) in [4.78, 5) is 38.8. The van der Waals surface area contributed by atoms with Gasteiger partial charge in [0, 0.05) is 24.2 Å². The van der Waals surface area contributed by atoms with Crippen molar-refractivity contribution in [2.75, 3.05) is 44.1 Å². The van der Waals surface area contributed by atoms with Crippen molar-refractivity contribution >= 4 is 35.2 Å². The van der Waals surface area contributed by atoms with E-state index < -0.39 is 18.5 Å². The lowest BCUT2D eigenvalue weighted by Gasteiger charge is -2.19. The van der Waals surface area contributed by atoms with Crippen LogP contribution in [0.2, 0.25) is 0 Å². The average Bonchev–Trinajstić information content (AvgIpc) is 2.80. The fourth-order valence-electron chi connectivity index (χ4n) is 2.53. The van der Waals surface area contributed by atoms with E-state index >= 15 is 0 Å². The number of para-hydroxylation sites is 1. The first-order valence-corrected chi connectivity index (χ1v) is 10.4. The molecule has 1 N–H and O–H groups in total. The number of ether oxygens (including phenoxy) is 2. The predicted molar refractivity (Wildman–Crippen MR) is 117 cm³/mol. The highest BCUT2D eigenvalue weighted by molar-refractivity contribution is 8.00. The van der Waals surface area contributed by atoms with Crippen LogP contribution in [0.15, 0.2) is 59.5 Å². The van der Waals surface area contributed by atoms with E-state index in [9.17, 15) is 14.4 Å². The van der Waals surface area contributed by atoms with Crippen LogP contribution in [-0.2, 0) is 19.1 Å². The van der Waals surface area contributed by atoms with E-state index in [1.165, 1.54) is 16.7 Å². The molecule has 0 saturated carbocycles. The van der Waals surface area contributed by atoms with E-state index in [-0.39, 0.29) is 23.8 Å². The van der Waals surface area contributed by atoms with E-state index in [0.29, 0.717) is 23.7 Å². The molecule has 0 spiro atoms. The molecule has 2 aromatic carbocycles. The number of thioether (sulfide) groups is 1. The molecule has 0 aliphatic heterocycles. The summed E-state index contributed by atoms with van der Waals surface area (Å²) in [5.41, 5.74) is 0.803. The largest absolute Gasteiger partial charge is 0.452 e. The smallest absolute Gasteiger partial charge is 0.339 e. The summed E-state index contributed by atoms with van der Waals surface area (Å²) in [6.45, 7) is 0.151. The lowest BCUT2D eigenvalue weighted by atomic mass is 10.2. The van der Waals surface area contributed by atoms with Crippen molar-refractivity contribution < 1.29 is 23.9 Å². The maximum absolute atomic E-state index is 12.6. The summed E-state index contributed by atoms with van der Waals surface area (Å²) in [7, 11) is 1.55. The van der Waals surface area contributed by atoms with Crippen molar-refractivity contribution in [2.45, 2.75) is 4.90 Å². The molecule has 0 heterocycles. The Hall–Kier alpha value is -3.35. The van der Waals surface area contributed by atoms with Crippen LogP contribution < -0.4 is 10.2 Å². The first-order chi connectivity index (χ1) is 15.1. The van der Waals surface area contributed by atoms with E-state index in [2.05, 4.69) is 5.32 Å². The summed E-state index contributed by atoms with van der Waals surface area (Å²) >= 11 is 1.19. The van der Waals surface area contributed by atoms with Crippen molar-refractivity contribution in [3.8, 4) is 6.07 Å². The maximum Gasteiger partial charge on any atom is 0.339 e. The van der Waals surface area contributed by atoms with Gasteiger partial charge in [-0.3, -0.25) is 14.5 Å². The van der Waals surface area contributed by atoms with Crippen LogP contribution in [0.1, 0.15) is 10.4 Å². The monoisotopic (exact) mass is 441 g/mol. The molecule has 0 fully saturated rings. The molecule has 0 radical (unpaired) electrons. The Balaban J connectivity index is 1.97. The molecule has 0 aromatic heterocycles. The molecular weight excluding hydrogens is 418 g/mol. The number of amides is 2. The molecule has 0 bridgehead atoms. The van der Waals surface area contributed by atoms with Gasteiger partial charge in [0.25, 0.3) is 5.91 Å². The van der Waals surface area contributed by atoms with Crippen LogP contribution in [-0.4, -0.2) is 56.9 Å². The summed E-state index contributed by atoms with van der Waals surface area (Å²) in [6.07, 6.45) is 0. The summed E-state index contributed by atoms with van der Waals surface area (Å²) in [5, 5.41) is 11.7. The van der Waals surface area contributed by atoms with E-state index in [1.54, 1.807) is 61.7 Å². The van der Waals surface area contributed by atoms with Gasteiger partial charge in [-0.2, -0.15) is 5.26 Å². The van der Waals surface area contributed by atoms with Gasteiger partial charge in [-0.05, 0) is 24.3 Å². The molecule has 0 aliphatic rings. The second kappa shape index (κ2) is 13.1. The van der Waals surface area contributed by atoms with Gasteiger partial charge in [-0.15, -0.1) is 11.8 Å². The fraction of sp³-hybridized carbons (Fsp3) is 0.273. The third kappa shape index (κ3) is 7.77. The number of methoxy groups -OCH3 is 1. The number of hydrogen-bond acceptors (Lipinski definition) is 7. The first kappa shape index (κ1) is 23.9. The molecule has 31 heavy (non-hydrogen) atoms. The molecule has 2 rings (SSSR count). The number of esters is 1. The topological polar surface area (TPSA) is 109 Å². The number of nitrogens with one attached hydrogen (secondary N) is 1. The van der Waals surface area contributed by atoms with Crippen LogP contribution in [0.5, 0.6) is 0 Å². The molecule has 162 valence electrons. The van der Waals surface area contributed by atoms with Crippen molar-refractivity contribution in [2.24, 2.45) is 0 Å². The second-order valence-corrected chi connectivity index (χ2v) is 7.19. The van der Waals surface area contributed by atoms with Gasteiger partial charge < -0.3 is 14.8 Å². The second-order valence-electron chi connectivity index (χ2n) is 6.18. The van der Waals surface area contributed by atoms with Crippen LogP contribution in [0.3, 0.4) is 0 Å². The number of nitrogens with zero attached hydrogens (tertiary/aromatic N) is 2. The SMILES string of the molecule is COCCNC(=O)CSc1ccccc1C(=O)OCC(=O)N(CC#N)c1ccccc1. The summed E-state index contributed by atoms with van der Waals surface area (Å²) in [5.74, 6) is -1.25. The fourth-order valence-corrected chi connectivity index (χ4v) is 3.40. The number of carbonyl (C=O) groups is 3. The minimum Gasteiger partial charge on any atom is -0.452 e. The van der Waals surface area contributed by atoms with Gasteiger partial charge in [0.2, 0.25) is 5.91 Å². The minimum absolute atomic E-state index is 0.122. The van der Waals surface area contributed by atoms with Crippen molar-refractivity contribution in [3.63, 3.8) is 0 Å². The molecule has 0 aliphatic carbocycles. The maximum atomic E-state index is 12.6. The van der Waals surface area contributed by atoms with Gasteiger partial charge in [0.15, 0.2) is 6.61 Å². The van der Waals surface area contributed by atoms with E-state index in [1.807, 2.05) is 6.07 Å². The molecule has 8 nitrogen and oxygen atoms in total. The number of hydrogen-bond donors (Lipinski definition) is 1. The highest BCUT2D eigenvalue weighted by Gasteiger charge is 2.19. The normalized spacial score (nSPS) is 10.1. The Labute approximate surface area is 185 Å². The lowest BCUT2D eigenvalue weighted by Crippen LogP contribution is -2.35. The quantitative estimate of drug-likeness (QED) is 0.247. The highest BCUT2D eigenvalue weighted by atomic mass is 32.2. The average molecular weight is 442 g/mol. The van der Waals surface area contributed by atoms with Crippen molar-refractivity contribution in [1.82, 2.24) is 5.32 Å². The molecule has 9 heteroatoms. The van der Waals surface area contributed by atoms with Crippen LogP contribution >= 0.6 is 11.8 Å². The molecular formula is C22H23N3O5S. The number of anilines is 1. The zero-order valence-electron chi connectivity index (χ0n) is 17.1. The third-order valence-corrected chi connectivity index (χ3v) is 5.09. The van der Waals surface area contributed by atoms with E-state index in [4.69, 9.17) is 14.7 Å². The third-order valence-electron chi connectivity index (χ3n) is 4.02. The van der Waals surface area contributed by atoms with Crippen LogP contribution in [0.25, 0.3) is 0 Å². The Morgan fingerprint density at radius 1 is 1.10 bits per heavy atom. The van der Waals surface area contributed by atoms with Crippen LogP contribution in [0.4, 0.5) is 5.69 Å². The molecule has 0 saturated heterocycles. The van der Waals surface area contributed by atoms with Gasteiger partial charge in [-0.1, -0.05) is 30.3 Å². The van der Waals surface area contributed by atoms with Crippen molar-refractivity contribution in [3.05, 3.63) is 60.2 Å². The lowest BCUT2D eigenvalue weighted by molar-refractivity contribution is -0.121. The van der Waals surface area contributed by atoms with Gasteiger partial charge in [0.05, 0.1) is 24.0 Å². The van der Waals surface area contributed by atoms with Crippen LogP contribution in [0, 0.1) is 11.3 Å². The number of nitriles is 1. The molecule has 2 aromatic rings. The standard InChI is InChI=1S/C22H23N3O5S/c1-29-14-12-24-20(26)16-31-19-10-6-5-9-18(19)22(28)30-15-21(27)25(13-11-23)17-7-3-2-4-8-17/h2-10H,12-16H2,1H3,(H,24,26). The Morgan fingerprint density at radius 3 is 2.52 bits per heavy atom. The van der Waals surface area contributed by atoms with Gasteiger partial charge in [-0.25, -0.2) is 4.79 Å². The van der Waals surface area contributed by atoms with Gasteiger partial charge in [0.1, 0.15) is 6.54 Å². The Morgan fingerprint density at radius 2 is 1.81 bits per heavy atom. The number of carbonyl (C=O) groups excluding carboxylic acids is 3. The zero-order chi connectivity index (χ0) is 22.5. The molecule has 0 atom stereocenters. The first-order valence-electron chi connectivity index (χ1n) is 9.43. The number of benzene rings is 2. The highest BCUT2D eigenvalue weighted by Crippen LogP contribution is 2.23.